The normalized spacial score (nSPS) is 12.4. The van der Waals surface area contributed by atoms with Crippen molar-refractivity contribution in [2.75, 3.05) is 0 Å². The Kier molecular flexibility index (Phi) is 6.35. The molecule has 51 heavy (non-hydrogen) atoms. The van der Waals surface area contributed by atoms with E-state index in [1.54, 1.807) is 11.8 Å². The van der Waals surface area contributed by atoms with E-state index >= 15 is 0 Å². The zero-order valence-electron chi connectivity index (χ0n) is 27.1. The van der Waals surface area contributed by atoms with Gasteiger partial charge < -0.3 is 4.74 Å². The van der Waals surface area contributed by atoms with E-state index in [2.05, 4.69) is 140 Å². The summed E-state index contributed by atoms with van der Waals surface area (Å²) in [6.45, 7) is 0. The van der Waals surface area contributed by atoms with Gasteiger partial charge in [-0.3, -0.25) is 0 Å². The molecule has 0 bridgehead atoms. The van der Waals surface area contributed by atoms with Crippen molar-refractivity contribution in [1.29, 1.82) is 0 Å². The Bertz CT molecular complexity index is 3020. The van der Waals surface area contributed by atoms with Crippen LogP contribution in [-0.2, 0) is 0 Å². The zero-order chi connectivity index (χ0) is 33.5. The van der Waals surface area contributed by atoms with Gasteiger partial charge in [0.05, 0.1) is 21.2 Å². The predicted molar refractivity (Wildman–Crippen MR) is 214 cm³/mol. The molecule has 0 amide bonds. The van der Waals surface area contributed by atoms with Crippen molar-refractivity contribution < 1.29 is 4.74 Å². The monoisotopic (exact) mass is 686 g/mol. The molecule has 0 fully saturated rings. The summed E-state index contributed by atoms with van der Waals surface area (Å²) in [4.78, 5) is 12.9. The molecular weight excluding hydrogens is 661 g/mol. The van der Waals surface area contributed by atoms with Gasteiger partial charge in [0.25, 0.3) is 0 Å². The molecule has 0 unspecified atom stereocenters. The quantitative estimate of drug-likeness (QED) is 0.173. The number of fused-ring (bicyclic) bond motifs is 11. The van der Waals surface area contributed by atoms with Crippen molar-refractivity contribution in [3.63, 3.8) is 0 Å². The number of benzene rings is 8. The van der Waals surface area contributed by atoms with Crippen LogP contribution >= 0.6 is 23.1 Å². The molecule has 1 aliphatic rings. The molecule has 0 saturated heterocycles. The lowest BCUT2D eigenvalue weighted by Crippen LogP contribution is -2.00. The van der Waals surface area contributed by atoms with Crippen LogP contribution in [0.3, 0.4) is 0 Å². The number of ether oxygens (including phenoxy) is 1. The molecule has 238 valence electrons. The van der Waals surface area contributed by atoms with Crippen LogP contribution in [-0.4, -0.2) is 9.97 Å². The lowest BCUT2D eigenvalue weighted by molar-refractivity contribution is 0.455. The minimum absolute atomic E-state index is 0.694. The molecule has 3 heterocycles. The first-order chi connectivity index (χ1) is 25.3. The molecule has 0 spiro atoms. The standard InChI is InChI=1S/C46H26N2OS2/c1-2-13-30-28(11-1)29-12-3-4-14-31(29)37-25-27(23-24-32(30)37)46-47-38(35-17-9-16-34-33-15-5-7-21-42(33)50-44(34)35)26-39(48-46)36-18-10-20-41-45(36)51-43-22-8-6-19-40(43)49-41/h1-26H. The summed E-state index contributed by atoms with van der Waals surface area (Å²) in [5.74, 6) is 2.41. The highest BCUT2D eigenvalue weighted by Crippen LogP contribution is 2.51. The summed E-state index contributed by atoms with van der Waals surface area (Å²) in [5, 5.41) is 9.92. The maximum Gasteiger partial charge on any atom is 0.160 e. The van der Waals surface area contributed by atoms with E-state index in [9.17, 15) is 0 Å². The smallest absolute Gasteiger partial charge is 0.160 e. The van der Waals surface area contributed by atoms with Crippen molar-refractivity contribution >= 4 is 75.6 Å². The fourth-order valence-corrected chi connectivity index (χ4v) is 9.89. The van der Waals surface area contributed by atoms with E-state index in [0.717, 1.165) is 49.4 Å². The third-order valence-electron chi connectivity index (χ3n) is 9.94. The summed E-state index contributed by atoms with van der Waals surface area (Å²) in [6.07, 6.45) is 0. The second-order valence-corrected chi connectivity index (χ2v) is 15.0. The highest BCUT2D eigenvalue weighted by molar-refractivity contribution is 7.99. The fraction of sp³-hybridized carbons (Fsp3) is 0. The number of hydrogen-bond acceptors (Lipinski definition) is 5. The molecule has 8 aromatic carbocycles. The van der Waals surface area contributed by atoms with Crippen LogP contribution in [0.15, 0.2) is 168 Å². The van der Waals surface area contributed by atoms with E-state index in [-0.39, 0.29) is 0 Å². The van der Waals surface area contributed by atoms with E-state index in [0.29, 0.717) is 5.82 Å². The van der Waals surface area contributed by atoms with E-state index in [1.807, 2.05) is 29.5 Å². The van der Waals surface area contributed by atoms with Crippen LogP contribution < -0.4 is 4.74 Å². The van der Waals surface area contributed by atoms with E-state index in [1.165, 1.54) is 52.5 Å². The molecule has 0 N–H and O–H groups in total. The fourth-order valence-electron chi connectivity index (χ4n) is 7.60. The first kappa shape index (κ1) is 28.8. The Balaban J connectivity index is 1.18. The van der Waals surface area contributed by atoms with Crippen LogP contribution in [0.2, 0.25) is 0 Å². The summed E-state index contributed by atoms with van der Waals surface area (Å²) < 4.78 is 8.92. The number of hydrogen-bond donors (Lipinski definition) is 0. The van der Waals surface area contributed by atoms with Gasteiger partial charge in [0, 0.05) is 36.9 Å². The van der Waals surface area contributed by atoms with Crippen LogP contribution in [0.5, 0.6) is 11.5 Å². The highest BCUT2D eigenvalue weighted by atomic mass is 32.2. The van der Waals surface area contributed by atoms with Crippen molar-refractivity contribution in [1.82, 2.24) is 9.97 Å². The zero-order valence-corrected chi connectivity index (χ0v) is 28.8. The Morgan fingerprint density at radius 2 is 1.02 bits per heavy atom. The van der Waals surface area contributed by atoms with Gasteiger partial charge in [0.1, 0.15) is 11.5 Å². The lowest BCUT2D eigenvalue weighted by atomic mass is 9.93. The molecule has 11 rings (SSSR count). The molecule has 10 aromatic rings. The average molecular weight is 687 g/mol. The Hall–Kier alpha value is -6.01. The molecule has 0 atom stereocenters. The number of rotatable bonds is 3. The minimum Gasteiger partial charge on any atom is -0.455 e. The SMILES string of the molecule is c1ccc2c(c1)Oc1cccc(-c3cc(-c4cccc5c4sc4ccccc45)nc(-c4ccc5c6ccccc6c6ccccc6c5c4)n3)c1S2. The van der Waals surface area contributed by atoms with Crippen molar-refractivity contribution in [3.05, 3.63) is 158 Å². The summed E-state index contributed by atoms with van der Waals surface area (Å²) in [6, 6.07) is 55.9. The van der Waals surface area contributed by atoms with Gasteiger partial charge >= 0.3 is 0 Å². The topological polar surface area (TPSA) is 35.0 Å². The van der Waals surface area contributed by atoms with Gasteiger partial charge in [0.15, 0.2) is 5.82 Å². The van der Waals surface area contributed by atoms with Crippen LogP contribution in [0.25, 0.3) is 86.4 Å². The maximum absolute atomic E-state index is 6.42. The predicted octanol–water partition coefficient (Wildman–Crippen LogP) is 13.6. The van der Waals surface area contributed by atoms with Crippen LogP contribution in [0.1, 0.15) is 0 Å². The Morgan fingerprint density at radius 1 is 0.431 bits per heavy atom. The largest absolute Gasteiger partial charge is 0.455 e. The second kappa shape index (κ2) is 11.3. The first-order valence-electron chi connectivity index (χ1n) is 17.0. The lowest BCUT2D eigenvalue weighted by Gasteiger charge is -2.22. The summed E-state index contributed by atoms with van der Waals surface area (Å²) in [7, 11) is 0. The van der Waals surface area contributed by atoms with Gasteiger partial charge in [-0.2, -0.15) is 0 Å². The number of para-hydroxylation sites is 1. The van der Waals surface area contributed by atoms with Crippen molar-refractivity contribution in [2.24, 2.45) is 0 Å². The second-order valence-electron chi connectivity index (χ2n) is 12.9. The Morgan fingerprint density at radius 3 is 1.82 bits per heavy atom. The number of nitrogens with zero attached hydrogens (tertiary/aromatic N) is 2. The molecule has 1 aliphatic heterocycles. The average Bonchev–Trinajstić information content (AvgIpc) is 3.58. The van der Waals surface area contributed by atoms with E-state index < -0.39 is 0 Å². The van der Waals surface area contributed by atoms with Gasteiger partial charge in [-0.1, -0.05) is 133 Å². The number of thiophene rings is 1. The summed E-state index contributed by atoms with van der Waals surface area (Å²) in [5.41, 5.74) is 4.88. The van der Waals surface area contributed by atoms with Crippen LogP contribution in [0.4, 0.5) is 0 Å². The Labute approximate surface area is 301 Å². The molecule has 0 radical (unpaired) electrons. The molecule has 3 nitrogen and oxygen atoms in total. The van der Waals surface area contributed by atoms with Crippen molar-refractivity contribution in [2.45, 2.75) is 9.79 Å². The maximum atomic E-state index is 6.42. The van der Waals surface area contributed by atoms with Gasteiger partial charge in [0.2, 0.25) is 0 Å². The van der Waals surface area contributed by atoms with Crippen LogP contribution in [0, 0.1) is 0 Å². The van der Waals surface area contributed by atoms with E-state index in [4.69, 9.17) is 14.7 Å². The molecular formula is C46H26N2OS2. The van der Waals surface area contributed by atoms with Crippen molar-refractivity contribution in [3.8, 4) is 45.4 Å². The summed E-state index contributed by atoms with van der Waals surface area (Å²) >= 11 is 3.56. The molecule has 0 aliphatic carbocycles. The number of aromatic nitrogens is 2. The highest BCUT2D eigenvalue weighted by Gasteiger charge is 2.23. The molecule has 0 saturated carbocycles. The third-order valence-corrected chi connectivity index (χ3v) is 12.3. The van der Waals surface area contributed by atoms with Gasteiger partial charge in [-0.05, 0) is 68.7 Å². The van der Waals surface area contributed by atoms with Gasteiger partial charge in [-0.25, -0.2) is 9.97 Å². The third kappa shape index (κ3) is 4.52. The molecule has 5 heteroatoms. The molecule has 2 aromatic heterocycles. The first-order valence-corrected chi connectivity index (χ1v) is 18.6. The minimum atomic E-state index is 0.694. The van der Waals surface area contributed by atoms with Gasteiger partial charge in [-0.15, -0.1) is 11.3 Å².